The van der Waals surface area contributed by atoms with Crippen LogP contribution in [0.2, 0.25) is 0 Å². The molecule has 0 aliphatic rings. The van der Waals surface area contributed by atoms with Crippen LogP contribution in [0.5, 0.6) is 11.5 Å². The third-order valence-corrected chi connectivity index (χ3v) is 5.86. The Bertz CT molecular complexity index is 1160. The van der Waals surface area contributed by atoms with Crippen molar-refractivity contribution in [2.24, 2.45) is 5.41 Å². The molecule has 0 bridgehead atoms. The molecule has 1 atom stereocenters. The number of aryl methyl sites for hydroxylation is 2. The predicted molar refractivity (Wildman–Crippen MR) is 135 cm³/mol. The molecule has 0 spiro atoms. The van der Waals surface area contributed by atoms with Crippen LogP contribution in [0.25, 0.3) is 10.8 Å². The lowest BCUT2D eigenvalue weighted by molar-refractivity contribution is -0.136. The van der Waals surface area contributed by atoms with Gasteiger partial charge in [-0.25, -0.2) is 0 Å². The van der Waals surface area contributed by atoms with E-state index >= 15 is 0 Å². The van der Waals surface area contributed by atoms with Gasteiger partial charge in [-0.15, -0.1) is 0 Å². The van der Waals surface area contributed by atoms with Crippen molar-refractivity contribution >= 4 is 22.6 Å². The number of carbonyl (C=O) groups excluding carboxylic acids is 2. The molecule has 6 nitrogen and oxygen atoms in total. The monoisotopic (exact) mass is 462 g/mol. The Hall–Kier alpha value is -3.54. The third kappa shape index (κ3) is 6.73. The maximum atomic E-state index is 12.7. The van der Waals surface area contributed by atoms with E-state index in [2.05, 4.69) is 16.9 Å². The van der Waals surface area contributed by atoms with Gasteiger partial charge in [0.05, 0.1) is 6.61 Å². The molecule has 0 saturated heterocycles. The molecule has 1 unspecified atom stereocenters. The second-order valence-corrected chi connectivity index (χ2v) is 9.32. The van der Waals surface area contributed by atoms with Crippen molar-refractivity contribution in [2.45, 2.75) is 53.6 Å². The van der Waals surface area contributed by atoms with E-state index in [4.69, 9.17) is 9.47 Å². The fraction of sp³-hybridized carbons (Fsp3) is 0.357. The van der Waals surface area contributed by atoms with E-state index in [0.29, 0.717) is 25.2 Å². The minimum Gasteiger partial charge on any atom is -0.493 e. The highest BCUT2D eigenvalue weighted by Gasteiger charge is 2.28. The average molecular weight is 463 g/mol. The van der Waals surface area contributed by atoms with Crippen molar-refractivity contribution in [2.75, 3.05) is 6.61 Å². The summed E-state index contributed by atoms with van der Waals surface area (Å²) in [5.74, 6) is 0.785. The van der Waals surface area contributed by atoms with Crippen LogP contribution in [-0.4, -0.2) is 24.5 Å². The van der Waals surface area contributed by atoms with Gasteiger partial charge in [-0.2, -0.15) is 0 Å². The van der Waals surface area contributed by atoms with E-state index in [1.165, 1.54) is 0 Å². The first-order chi connectivity index (χ1) is 16.2. The number of hydrogen-bond donors (Lipinski definition) is 2. The van der Waals surface area contributed by atoms with Gasteiger partial charge in [0, 0.05) is 5.41 Å². The van der Waals surface area contributed by atoms with Crippen molar-refractivity contribution < 1.29 is 19.1 Å². The molecule has 0 heterocycles. The molecule has 3 rings (SSSR count). The first-order valence-electron chi connectivity index (χ1n) is 11.6. The SMILES string of the molecule is Cc1ccc(C)c(OCCCC(C)(C)C(=O)NNC(=O)C(C)Oc2ccc3ccccc3c2)c1. The van der Waals surface area contributed by atoms with E-state index in [-0.39, 0.29) is 5.91 Å². The number of benzene rings is 3. The summed E-state index contributed by atoms with van der Waals surface area (Å²) in [4.78, 5) is 25.1. The molecular weight excluding hydrogens is 428 g/mol. The number of hydrazine groups is 1. The zero-order chi connectivity index (χ0) is 24.7. The number of amides is 2. The van der Waals surface area contributed by atoms with Crippen LogP contribution in [0.15, 0.2) is 60.7 Å². The van der Waals surface area contributed by atoms with E-state index < -0.39 is 17.4 Å². The summed E-state index contributed by atoms with van der Waals surface area (Å²) in [7, 11) is 0. The highest BCUT2D eigenvalue weighted by atomic mass is 16.5. The lowest BCUT2D eigenvalue weighted by atomic mass is 9.87. The summed E-state index contributed by atoms with van der Waals surface area (Å²) in [5.41, 5.74) is 6.59. The maximum absolute atomic E-state index is 12.7. The summed E-state index contributed by atoms with van der Waals surface area (Å²) in [6, 6.07) is 19.7. The van der Waals surface area contributed by atoms with Crippen molar-refractivity contribution in [1.29, 1.82) is 0 Å². The Morgan fingerprint density at radius 3 is 2.44 bits per heavy atom. The second-order valence-electron chi connectivity index (χ2n) is 9.32. The van der Waals surface area contributed by atoms with Crippen molar-refractivity contribution in [3.05, 3.63) is 71.8 Å². The summed E-state index contributed by atoms with van der Waals surface area (Å²) >= 11 is 0. The van der Waals surface area contributed by atoms with Crippen molar-refractivity contribution in [1.82, 2.24) is 10.9 Å². The number of ether oxygens (including phenoxy) is 2. The number of nitrogens with one attached hydrogen (secondary N) is 2. The molecule has 2 N–H and O–H groups in total. The minimum atomic E-state index is -0.768. The molecule has 6 heteroatoms. The Morgan fingerprint density at radius 2 is 1.68 bits per heavy atom. The van der Waals surface area contributed by atoms with Gasteiger partial charge in [0.25, 0.3) is 5.91 Å². The number of rotatable bonds is 9. The fourth-order valence-corrected chi connectivity index (χ4v) is 3.56. The zero-order valence-electron chi connectivity index (χ0n) is 20.6. The van der Waals surface area contributed by atoms with Gasteiger partial charge >= 0.3 is 0 Å². The van der Waals surface area contributed by atoms with Gasteiger partial charge in [-0.3, -0.25) is 20.4 Å². The molecule has 0 fully saturated rings. The first-order valence-corrected chi connectivity index (χ1v) is 11.6. The molecule has 2 amide bonds. The Morgan fingerprint density at radius 1 is 0.941 bits per heavy atom. The van der Waals surface area contributed by atoms with Crippen LogP contribution in [0.4, 0.5) is 0 Å². The summed E-state index contributed by atoms with van der Waals surface area (Å²) in [6.07, 6.45) is 0.557. The van der Waals surface area contributed by atoms with Crippen molar-refractivity contribution in [3.63, 3.8) is 0 Å². The molecule has 0 saturated carbocycles. The fourth-order valence-electron chi connectivity index (χ4n) is 3.56. The smallest absolute Gasteiger partial charge is 0.279 e. The third-order valence-electron chi connectivity index (χ3n) is 5.86. The molecule has 180 valence electrons. The predicted octanol–water partition coefficient (Wildman–Crippen LogP) is 5.26. The molecular formula is C28H34N2O4. The lowest BCUT2D eigenvalue weighted by Gasteiger charge is -2.24. The topological polar surface area (TPSA) is 76.7 Å². The van der Waals surface area contributed by atoms with Crippen LogP contribution in [-0.2, 0) is 9.59 Å². The highest BCUT2D eigenvalue weighted by Crippen LogP contribution is 2.24. The molecule has 34 heavy (non-hydrogen) atoms. The normalized spacial score (nSPS) is 12.1. The number of hydrogen-bond acceptors (Lipinski definition) is 4. The summed E-state index contributed by atoms with van der Waals surface area (Å²) < 4.78 is 11.6. The summed E-state index contributed by atoms with van der Waals surface area (Å²) in [5, 5.41) is 2.13. The van der Waals surface area contributed by atoms with Crippen LogP contribution in [0.3, 0.4) is 0 Å². The molecule has 0 aliphatic heterocycles. The van der Waals surface area contributed by atoms with E-state index in [1.54, 1.807) is 6.92 Å². The van der Waals surface area contributed by atoms with Gasteiger partial charge in [0.15, 0.2) is 6.10 Å². The molecule has 0 aromatic heterocycles. The first kappa shape index (κ1) is 25.1. The van der Waals surface area contributed by atoms with E-state index in [1.807, 2.05) is 82.3 Å². The van der Waals surface area contributed by atoms with Gasteiger partial charge in [-0.05, 0) is 73.7 Å². The van der Waals surface area contributed by atoms with Crippen molar-refractivity contribution in [3.8, 4) is 11.5 Å². The van der Waals surface area contributed by atoms with Crippen LogP contribution < -0.4 is 20.3 Å². The van der Waals surface area contributed by atoms with Gasteiger partial charge in [0.1, 0.15) is 11.5 Å². The Labute approximate surface area is 201 Å². The van der Waals surface area contributed by atoms with E-state index in [9.17, 15) is 9.59 Å². The minimum absolute atomic E-state index is 0.259. The highest BCUT2D eigenvalue weighted by molar-refractivity contribution is 5.87. The summed E-state index contributed by atoms with van der Waals surface area (Å²) in [6.45, 7) is 9.90. The van der Waals surface area contributed by atoms with Crippen LogP contribution in [0, 0.1) is 19.3 Å². The van der Waals surface area contributed by atoms with Crippen LogP contribution in [0.1, 0.15) is 44.7 Å². The largest absolute Gasteiger partial charge is 0.493 e. The zero-order valence-corrected chi connectivity index (χ0v) is 20.6. The average Bonchev–Trinajstić information content (AvgIpc) is 2.81. The van der Waals surface area contributed by atoms with Gasteiger partial charge in [0.2, 0.25) is 5.91 Å². The molecule has 3 aromatic carbocycles. The van der Waals surface area contributed by atoms with Gasteiger partial charge < -0.3 is 9.47 Å². The Balaban J connectivity index is 1.43. The maximum Gasteiger partial charge on any atom is 0.279 e. The van der Waals surface area contributed by atoms with Crippen LogP contribution >= 0.6 is 0 Å². The second kappa shape index (κ2) is 11.1. The molecule has 0 aliphatic carbocycles. The molecule has 0 radical (unpaired) electrons. The molecule has 3 aromatic rings. The Kier molecular flexibility index (Phi) is 8.16. The van der Waals surface area contributed by atoms with Gasteiger partial charge in [-0.1, -0.05) is 56.3 Å². The van der Waals surface area contributed by atoms with E-state index in [0.717, 1.165) is 27.6 Å². The lowest BCUT2D eigenvalue weighted by Crippen LogP contribution is -2.51. The standard InChI is InChI=1S/C28H34N2O4/c1-19-11-12-20(2)25(17-19)33-16-8-15-28(4,5)27(32)30-29-26(31)21(3)34-24-14-13-22-9-6-7-10-23(22)18-24/h6-7,9-14,17-18,21H,8,15-16H2,1-5H3,(H,29,31)(H,30,32). The number of carbonyl (C=O) groups is 2. The quantitative estimate of drug-likeness (QED) is 0.336. The number of fused-ring (bicyclic) bond motifs is 1.